The Morgan fingerprint density at radius 2 is 2.00 bits per heavy atom. The lowest BCUT2D eigenvalue weighted by molar-refractivity contribution is -0.255. The van der Waals surface area contributed by atoms with E-state index in [1.807, 2.05) is 0 Å². The molecule has 0 N–H and O–H groups in total. The molecule has 0 atom stereocenters. The first kappa shape index (κ1) is 9.52. The maximum atomic E-state index is 11.0. The SMILES string of the molecule is COOC(=O)CC1CCCCC1. The summed E-state index contributed by atoms with van der Waals surface area (Å²) in [5, 5.41) is 0. The third-order valence-corrected chi connectivity index (χ3v) is 2.36. The Hall–Kier alpha value is -0.570. The predicted octanol–water partition coefficient (Wildman–Crippen LogP) is 2.06. The lowest BCUT2D eigenvalue weighted by atomic mass is 9.87. The third-order valence-electron chi connectivity index (χ3n) is 2.36. The molecule has 0 spiro atoms. The van der Waals surface area contributed by atoms with Crippen molar-refractivity contribution in [3.8, 4) is 0 Å². The van der Waals surface area contributed by atoms with Crippen LogP contribution in [0.5, 0.6) is 0 Å². The molecule has 0 aromatic carbocycles. The van der Waals surface area contributed by atoms with Gasteiger partial charge in [0.1, 0.15) is 0 Å². The first-order valence-electron chi connectivity index (χ1n) is 4.56. The summed E-state index contributed by atoms with van der Waals surface area (Å²) in [7, 11) is 1.36. The van der Waals surface area contributed by atoms with Crippen molar-refractivity contribution in [2.45, 2.75) is 38.5 Å². The summed E-state index contributed by atoms with van der Waals surface area (Å²) in [5.74, 6) is 0.297. The maximum absolute atomic E-state index is 11.0. The van der Waals surface area contributed by atoms with Crippen LogP contribution in [0.25, 0.3) is 0 Å². The summed E-state index contributed by atoms with van der Waals surface area (Å²) in [6, 6.07) is 0. The Kier molecular flexibility index (Phi) is 4.08. The Labute approximate surface area is 73.0 Å². The molecule has 0 unspecified atom stereocenters. The second kappa shape index (κ2) is 5.14. The van der Waals surface area contributed by atoms with Gasteiger partial charge in [0.25, 0.3) is 0 Å². The van der Waals surface area contributed by atoms with Gasteiger partial charge in [0.15, 0.2) is 0 Å². The topological polar surface area (TPSA) is 35.5 Å². The van der Waals surface area contributed by atoms with Gasteiger partial charge in [0.2, 0.25) is 0 Å². The van der Waals surface area contributed by atoms with Gasteiger partial charge < -0.3 is 0 Å². The minimum atomic E-state index is -0.232. The van der Waals surface area contributed by atoms with Gasteiger partial charge in [0, 0.05) is 0 Å². The first-order valence-corrected chi connectivity index (χ1v) is 4.56. The van der Waals surface area contributed by atoms with Gasteiger partial charge in [-0.25, -0.2) is 4.79 Å². The van der Waals surface area contributed by atoms with E-state index in [0.717, 1.165) is 0 Å². The normalized spacial score (nSPS) is 19.1. The molecule has 0 aliphatic heterocycles. The Bertz CT molecular complexity index is 139. The number of rotatable bonds is 3. The van der Waals surface area contributed by atoms with Gasteiger partial charge in [-0.3, -0.25) is 4.89 Å². The lowest BCUT2D eigenvalue weighted by Crippen LogP contribution is -2.13. The van der Waals surface area contributed by atoms with Crippen molar-refractivity contribution in [3.05, 3.63) is 0 Å². The van der Waals surface area contributed by atoms with Gasteiger partial charge in [-0.05, 0) is 18.8 Å². The fourth-order valence-electron chi connectivity index (χ4n) is 1.75. The van der Waals surface area contributed by atoms with Crippen LogP contribution >= 0.6 is 0 Å². The molecule has 1 saturated carbocycles. The molecule has 0 radical (unpaired) electrons. The average Bonchev–Trinajstić information content (AvgIpc) is 2.06. The largest absolute Gasteiger partial charge is 0.342 e. The van der Waals surface area contributed by atoms with Crippen LogP contribution in [0.2, 0.25) is 0 Å². The fraction of sp³-hybridized carbons (Fsp3) is 0.889. The van der Waals surface area contributed by atoms with Crippen LogP contribution in [0.15, 0.2) is 0 Å². The van der Waals surface area contributed by atoms with Gasteiger partial charge >= 0.3 is 5.97 Å². The minimum absolute atomic E-state index is 0.232. The second-order valence-corrected chi connectivity index (χ2v) is 3.33. The lowest BCUT2D eigenvalue weighted by Gasteiger charge is -2.19. The molecule has 3 heteroatoms. The number of carbonyl (C=O) groups excluding carboxylic acids is 1. The highest BCUT2D eigenvalue weighted by Crippen LogP contribution is 2.26. The molecule has 1 aliphatic rings. The summed E-state index contributed by atoms with van der Waals surface area (Å²) in [6.45, 7) is 0. The van der Waals surface area contributed by atoms with Crippen LogP contribution < -0.4 is 0 Å². The highest BCUT2D eigenvalue weighted by atomic mass is 17.2. The molecule has 3 nitrogen and oxygen atoms in total. The molecule has 0 bridgehead atoms. The van der Waals surface area contributed by atoms with Crippen molar-refractivity contribution in [2.75, 3.05) is 7.11 Å². The number of hydrogen-bond acceptors (Lipinski definition) is 3. The molecule has 0 aromatic heterocycles. The van der Waals surface area contributed by atoms with Gasteiger partial charge in [0.05, 0.1) is 13.5 Å². The molecule has 0 heterocycles. The molecule has 12 heavy (non-hydrogen) atoms. The molecule has 0 saturated heterocycles. The number of hydrogen-bond donors (Lipinski definition) is 0. The monoisotopic (exact) mass is 172 g/mol. The van der Waals surface area contributed by atoms with E-state index in [1.54, 1.807) is 0 Å². The van der Waals surface area contributed by atoms with Gasteiger partial charge in [-0.15, -0.1) is 0 Å². The highest BCUT2D eigenvalue weighted by molar-refractivity contribution is 5.68. The predicted molar refractivity (Wildman–Crippen MR) is 44.3 cm³/mol. The van der Waals surface area contributed by atoms with E-state index >= 15 is 0 Å². The summed E-state index contributed by atoms with van der Waals surface area (Å²) >= 11 is 0. The molecule has 70 valence electrons. The second-order valence-electron chi connectivity index (χ2n) is 3.33. The molecule has 0 amide bonds. The summed E-state index contributed by atoms with van der Waals surface area (Å²) in [4.78, 5) is 19.7. The minimum Gasteiger partial charge on any atom is -0.299 e. The van der Waals surface area contributed by atoms with E-state index in [1.165, 1.54) is 39.2 Å². The molecule has 1 fully saturated rings. The zero-order valence-electron chi connectivity index (χ0n) is 7.54. The van der Waals surface area contributed by atoms with E-state index in [2.05, 4.69) is 9.78 Å². The van der Waals surface area contributed by atoms with Crippen molar-refractivity contribution >= 4 is 5.97 Å². The third kappa shape index (κ3) is 3.22. The number of carbonyl (C=O) groups is 1. The Balaban J connectivity index is 2.15. The van der Waals surface area contributed by atoms with Crippen molar-refractivity contribution in [3.63, 3.8) is 0 Å². The van der Waals surface area contributed by atoms with Crippen molar-refractivity contribution in [2.24, 2.45) is 5.92 Å². The fourth-order valence-corrected chi connectivity index (χ4v) is 1.75. The van der Waals surface area contributed by atoms with Crippen LogP contribution in [-0.4, -0.2) is 13.1 Å². The van der Waals surface area contributed by atoms with E-state index < -0.39 is 0 Å². The van der Waals surface area contributed by atoms with E-state index in [-0.39, 0.29) is 5.97 Å². The maximum Gasteiger partial charge on any atom is 0.342 e. The zero-order valence-corrected chi connectivity index (χ0v) is 7.54. The standard InChI is InChI=1S/C9H16O3/c1-11-12-9(10)7-8-5-3-2-4-6-8/h8H,2-7H2,1H3. The highest BCUT2D eigenvalue weighted by Gasteiger charge is 2.17. The Morgan fingerprint density at radius 1 is 1.33 bits per heavy atom. The van der Waals surface area contributed by atoms with Crippen LogP contribution in [0, 0.1) is 5.92 Å². The Morgan fingerprint density at radius 3 is 2.58 bits per heavy atom. The first-order chi connectivity index (χ1) is 5.83. The van der Waals surface area contributed by atoms with Crippen molar-refractivity contribution in [1.29, 1.82) is 0 Å². The van der Waals surface area contributed by atoms with E-state index in [9.17, 15) is 4.79 Å². The van der Waals surface area contributed by atoms with Crippen LogP contribution in [-0.2, 0) is 14.6 Å². The quantitative estimate of drug-likeness (QED) is 0.483. The van der Waals surface area contributed by atoms with Crippen LogP contribution in [0.3, 0.4) is 0 Å². The smallest absolute Gasteiger partial charge is 0.299 e. The molecule has 1 aliphatic carbocycles. The van der Waals surface area contributed by atoms with Crippen LogP contribution in [0.4, 0.5) is 0 Å². The molecule has 1 rings (SSSR count). The zero-order chi connectivity index (χ0) is 8.81. The molecule has 0 aromatic rings. The summed E-state index contributed by atoms with van der Waals surface area (Å²) in [6.07, 6.45) is 6.68. The van der Waals surface area contributed by atoms with Crippen molar-refractivity contribution < 1.29 is 14.6 Å². The van der Waals surface area contributed by atoms with Gasteiger partial charge in [-0.1, -0.05) is 19.3 Å². The summed E-state index contributed by atoms with van der Waals surface area (Å²) in [5.41, 5.74) is 0. The van der Waals surface area contributed by atoms with Crippen molar-refractivity contribution in [1.82, 2.24) is 0 Å². The molecular weight excluding hydrogens is 156 g/mol. The van der Waals surface area contributed by atoms with E-state index in [4.69, 9.17) is 0 Å². The van der Waals surface area contributed by atoms with Crippen LogP contribution in [0.1, 0.15) is 38.5 Å². The molecular formula is C9H16O3. The van der Waals surface area contributed by atoms with E-state index in [0.29, 0.717) is 12.3 Å². The van der Waals surface area contributed by atoms with Gasteiger partial charge in [-0.2, -0.15) is 4.89 Å². The summed E-state index contributed by atoms with van der Waals surface area (Å²) < 4.78 is 0. The average molecular weight is 172 g/mol.